The molecular weight excluding hydrogens is 448 g/mol. The molecule has 3 aromatic rings. The third-order valence-corrected chi connectivity index (χ3v) is 5.79. The number of aliphatic hydroxyl groups excluding tert-OH is 1. The Labute approximate surface area is 194 Å². The molecule has 5 N–H and O–H groups in total. The Balaban J connectivity index is 1.65. The summed E-state index contributed by atoms with van der Waals surface area (Å²) >= 11 is 6.10. The summed E-state index contributed by atoms with van der Waals surface area (Å²) < 4.78 is 1.34. The van der Waals surface area contributed by atoms with Crippen LogP contribution in [0.1, 0.15) is 67.4 Å². The minimum atomic E-state index is -2.26. The van der Waals surface area contributed by atoms with Crippen molar-refractivity contribution in [2.24, 2.45) is 0 Å². The largest absolute Gasteiger partial charge is 0.363 e. The molecule has 0 atom stereocenters. The standard InChI is InChI=1S/C22H25ClN6O4/c1-2-11-22(32,33)21-24-18(23)17(20(30)31)29(21)12-13-7-9-14(10-8-13)15-5-3-4-6-16(15)19-25-27-28-26-19/h5-10,20,30-33H,2-4,11-12H2,1H3,(H,25,26,27,28). The Bertz CT molecular complexity index is 1170. The summed E-state index contributed by atoms with van der Waals surface area (Å²) in [6, 6.07) is 7.62. The maximum atomic E-state index is 10.5. The Morgan fingerprint density at radius 3 is 2.42 bits per heavy atom. The fraction of sp³-hybridized carbons (Fsp3) is 0.364. The molecule has 174 valence electrons. The lowest BCUT2D eigenvalue weighted by Gasteiger charge is -2.23. The lowest BCUT2D eigenvalue weighted by Crippen LogP contribution is -2.30. The van der Waals surface area contributed by atoms with Gasteiger partial charge in [-0.15, -0.1) is 10.2 Å². The molecular formula is C22H25ClN6O4. The molecule has 1 aliphatic carbocycles. The van der Waals surface area contributed by atoms with Crippen LogP contribution in [0.5, 0.6) is 0 Å². The van der Waals surface area contributed by atoms with Crippen LogP contribution in [-0.2, 0) is 12.3 Å². The van der Waals surface area contributed by atoms with E-state index in [0.29, 0.717) is 12.2 Å². The predicted molar refractivity (Wildman–Crippen MR) is 120 cm³/mol. The second kappa shape index (κ2) is 9.54. The fourth-order valence-corrected chi connectivity index (χ4v) is 4.30. The zero-order valence-electron chi connectivity index (χ0n) is 18.0. The van der Waals surface area contributed by atoms with Crippen molar-refractivity contribution in [3.05, 3.63) is 70.0 Å². The van der Waals surface area contributed by atoms with Crippen LogP contribution in [0.2, 0.25) is 5.15 Å². The number of allylic oxidation sites excluding steroid dienone is 4. The Kier molecular flexibility index (Phi) is 6.73. The van der Waals surface area contributed by atoms with Crippen molar-refractivity contribution in [2.75, 3.05) is 0 Å². The van der Waals surface area contributed by atoms with Crippen LogP contribution in [0.15, 0.2) is 36.4 Å². The fourth-order valence-electron chi connectivity index (χ4n) is 4.02. The Hall–Kier alpha value is -2.89. The van der Waals surface area contributed by atoms with Crippen LogP contribution < -0.4 is 0 Å². The number of imidazole rings is 1. The van der Waals surface area contributed by atoms with E-state index in [9.17, 15) is 20.4 Å². The smallest absolute Gasteiger partial charge is 0.223 e. The summed E-state index contributed by atoms with van der Waals surface area (Å²) in [6.07, 6.45) is 4.58. The first-order chi connectivity index (χ1) is 15.8. The molecule has 33 heavy (non-hydrogen) atoms. The maximum absolute atomic E-state index is 10.5. The molecule has 0 aliphatic heterocycles. The highest BCUT2D eigenvalue weighted by molar-refractivity contribution is 6.30. The first-order valence-electron chi connectivity index (χ1n) is 10.6. The number of halogens is 1. The van der Waals surface area contributed by atoms with Gasteiger partial charge in [-0.05, 0) is 34.8 Å². The van der Waals surface area contributed by atoms with Crippen molar-refractivity contribution >= 4 is 22.7 Å². The van der Waals surface area contributed by atoms with Crippen molar-refractivity contribution in [3.8, 4) is 0 Å². The molecule has 1 aliphatic rings. The molecule has 0 saturated heterocycles. The molecule has 0 saturated carbocycles. The number of aromatic amines is 1. The molecule has 10 nitrogen and oxygen atoms in total. The summed E-state index contributed by atoms with van der Waals surface area (Å²) in [4.78, 5) is 4.02. The van der Waals surface area contributed by atoms with Gasteiger partial charge < -0.3 is 25.0 Å². The first kappa shape index (κ1) is 23.3. The van der Waals surface area contributed by atoms with E-state index in [1.165, 1.54) is 4.57 Å². The summed E-state index contributed by atoms with van der Waals surface area (Å²) in [5.41, 5.74) is 3.55. The van der Waals surface area contributed by atoms with Gasteiger partial charge in [-0.1, -0.05) is 61.4 Å². The molecule has 4 rings (SSSR count). The number of benzene rings is 1. The van der Waals surface area contributed by atoms with Crippen molar-refractivity contribution in [1.82, 2.24) is 30.2 Å². The van der Waals surface area contributed by atoms with E-state index in [1.54, 1.807) is 6.92 Å². The molecule has 11 heteroatoms. The summed E-state index contributed by atoms with van der Waals surface area (Å²) in [5, 5.41) is 54.8. The molecule has 0 amide bonds. The number of tetrazole rings is 1. The van der Waals surface area contributed by atoms with E-state index in [-0.39, 0.29) is 29.6 Å². The van der Waals surface area contributed by atoms with Crippen molar-refractivity contribution in [1.29, 1.82) is 0 Å². The van der Waals surface area contributed by atoms with Gasteiger partial charge in [-0.3, -0.25) is 0 Å². The van der Waals surface area contributed by atoms with Gasteiger partial charge in [0.15, 0.2) is 17.3 Å². The Morgan fingerprint density at radius 2 is 1.82 bits per heavy atom. The molecule has 1 aromatic carbocycles. The van der Waals surface area contributed by atoms with Crippen molar-refractivity contribution in [2.45, 2.75) is 51.2 Å². The zero-order chi connectivity index (χ0) is 23.6. The highest BCUT2D eigenvalue weighted by Crippen LogP contribution is 2.34. The topological polar surface area (TPSA) is 153 Å². The van der Waals surface area contributed by atoms with E-state index >= 15 is 0 Å². The minimum Gasteiger partial charge on any atom is -0.363 e. The average Bonchev–Trinajstić information content (AvgIpc) is 3.43. The van der Waals surface area contributed by atoms with Crippen LogP contribution >= 0.6 is 11.6 Å². The average molecular weight is 473 g/mol. The zero-order valence-corrected chi connectivity index (χ0v) is 18.7. The van der Waals surface area contributed by atoms with Gasteiger partial charge in [0.2, 0.25) is 11.6 Å². The van der Waals surface area contributed by atoms with Gasteiger partial charge in [-0.2, -0.15) is 5.21 Å². The molecule has 0 fully saturated rings. The van der Waals surface area contributed by atoms with Gasteiger partial charge in [0.25, 0.3) is 0 Å². The van der Waals surface area contributed by atoms with E-state index in [1.807, 2.05) is 24.3 Å². The van der Waals surface area contributed by atoms with Crippen LogP contribution in [0.4, 0.5) is 0 Å². The third-order valence-electron chi connectivity index (χ3n) is 5.51. The minimum absolute atomic E-state index is 0.0135. The summed E-state index contributed by atoms with van der Waals surface area (Å²) in [6.45, 7) is 1.91. The van der Waals surface area contributed by atoms with Crippen LogP contribution in [0.25, 0.3) is 11.1 Å². The molecule has 0 bridgehead atoms. The first-order valence-corrected chi connectivity index (χ1v) is 11.0. The second-order valence-electron chi connectivity index (χ2n) is 7.88. The highest BCUT2D eigenvalue weighted by Gasteiger charge is 2.34. The van der Waals surface area contributed by atoms with Crippen LogP contribution in [-0.4, -0.2) is 50.6 Å². The maximum Gasteiger partial charge on any atom is 0.223 e. The number of rotatable bonds is 8. The number of nitrogens with zero attached hydrogens (tertiary/aromatic N) is 5. The van der Waals surface area contributed by atoms with Gasteiger partial charge in [-0.25, -0.2) is 4.98 Å². The molecule has 0 radical (unpaired) electrons. The van der Waals surface area contributed by atoms with Gasteiger partial charge in [0.1, 0.15) is 5.69 Å². The number of H-pyrrole nitrogens is 1. The van der Waals surface area contributed by atoms with Crippen LogP contribution in [0, 0.1) is 0 Å². The van der Waals surface area contributed by atoms with Crippen molar-refractivity contribution < 1.29 is 20.4 Å². The molecule has 0 unspecified atom stereocenters. The Morgan fingerprint density at radius 1 is 1.12 bits per heavy atom. The van der Waals surface area contributed by atoms with Crippen LogP contribution in [0.3, 0.4) is 0 Å². The van der Waals surface area contributed by atoms with Gasteiger partial charge in [0, 0.05) is 18.5 Å². The summed E-state index contributed by atoms with van der Waals surface area (Å²) in [7, 11) is 0. The van der Waals surface area contributed by atoms with E-state index < -0.39 is 12.1 Å². The number of hydrogen-bond acceptors (Lipinski definition) is 8. The molecule has 0 spiro atoms. The number of nitrogens with one attached hydrogen (secondary N) is 1. The lowest BCUT2D eigenvalue weighted by atomic mass is 9.91. The summed E-state index contributed by atoms with van der Waals surface area (Å²) in [5.74, 6) is -1.87. The van der Waals surface area contributed by atoms with Gasteiger partial charge in [0.05, 0.1) is 0 Å². The monoisotopic (exact) mass is 472 g/mol. The van der Waals surface area contributed by atoms with Crippen molar-refractivity contribution in [3.63, 3.8) is 0 Å². The van der Waals surface area contributed by atoms with E-state index in [4.69, 9.17) is 11.6 Å². The number of hydrogen-bond donors (Lipinski definition) is 5. The lowest BCUT2D eigenvalue weighted by molar-refractivity contribution is -0.183. The van der Waals surface area contributed by atoms with Gasteiger partial charge >= 0.3 is 0 Å². The van der Waals surface area contributed by atoms with E-state index in [2.05, 4.69) is 37.8 Å². The highest BCUT2D eigenvalue weighted by atomic mass is 35.5. The second-order valence-corrected chi connectivity index (χ2v) is 8.24. The predicted octanol–water partition coefficient (Wildman–Crippen LogP) is 2.28. The third kappa shape index (κ3) is 4.75. The quantitative estimate of drug-likeness (QED) is 0.313. The van der Waals surface area contributed by atoms with E-state index in [0.717, 1.165) is 35.1 Å². The normalized spacial score (nSPS) is 14.5. The molecule has 2 heterocycles. The molecule has 2 aromatic heterocycles. The number of aromatic nitrogens is 6. The SMILES string of the molecule is CCCC(O)(O)c1nc(Cl)c(C(O)O)n1Cc1ccc(C2=CCCC=C2c2nn[nH]n2)cc1. The number of aliphatic hydroxyl groups is 4.